The number of nitrogens with one attached hydrogen (secondary N) is 1. The van der Waals surface area contributed by atoms with Gasteiger partial charge in [-0.2, -0.15) is 4.98 Å². The summed E-state index contributed by atoms with van der Waals surface area (Å²) >= 11 is 7.67. The van der Waals surface area contributed by atoms with Crippen LogP contribution >= 0.6 is 22.9 Å². The van der Waals surface area contributed by atoms with Crippen molar-refractivity contribution in [3.05, 3.63) is 46.1 Å². The number of hydrogen-bond acceptors (Lipinski definition) is 6. The number of halogens is 1. The maximum absolute atomic E-state index is 6.09. The Morgan fingerprint density at radius 1 is 1.41 bits per heavy atom. The Bertz CT molecular complexity index is 771. The molecule has 0 unspecified atom stereocenters. The molecule has 0 aliphatic rings. The van der Waals surface area contributed by atoms with Gasteiger partial charge in [0.25, 0.3) is 0 Å². The van der Waals surface area contributed by atoms with E-state index in [9.17, 15) is 0 Å². The molecular formula is C15H14ClN3O2S. The average molecular weight is 336 g/mol. The van der Waals surface area contributed by atoms with Crippen LogP contribution in [0.1, 0.15) is 11.5 Å². The first-order valence-electron chi connectivity index (χ1n) is 6.62. The van der Waals surface area contributed by atoms with Crippen LogP contribution in [0.4, 0.5) is 5.69 Å². The Kier molecular flexibility index (Phi) is 4.31. The van der Waals surface area contributed by atoms with E-state index in [0.717, 1.165) is 16.1 Å². The van der Waals surface area contributed by atoms with Crippen LogP contribution < -0.4 is 10.1 Å². The zero-order valence-corrected chi connectivity index (χ0v) is 13.7. The zero-order valence-electron chi connectivity index (χ0n) is 12.1. The van der Waals surface area contributed by atoms with E-state index in [0.29, 0.717) is 29.0 Å². The second-order valence-corrected chi connectivity index (χ2v) is 6.00. The van der Waals surface area contributed by atoms with Gasteiger partial charge >= 0.3 is 0 Å². The molecule has 0 saturated heterocycles. The number of hydrogen-bond donors (Lipinski definition) is 1. The molecule has 0 amide bonds. The summed E-state index contributed by atoms with van der Waals surface area (Å²) in [6.07, 6.45) is 0. The zero-order chi connectivity index (χ0) is 15.5. The number of thiophene rings is 1. The molecule has 0 radical (unpaired) electrons. The quantitative estimate of drug-likeness (QED) is 0.749. The molecule has 0 saturated carbocycles. The van der Waals surface area contributed by atoms with E-state index in [1.54, 1.807) is 24.5 Å². The molecule has 2 aromatic heterocycles. The molecule has 0 spiro atoms. The molecule has 22 heavy (non-hydrogen) atoms. The van der Waals surface area contributed by atoms with Crippen LogP contribution in [-0.2, 0) is 6.54 Å². The number of methoxy groups -OCH3 is 1. The Morgan fingerprint density at radius 3 is 3.00 bits per heavy atom. The standard InChI is InChI=1S/C15H14ClN3O2S/c1-9-6-11(12(20-2)7-10(9)16)17-8-14-18-15(19-21-14)13-4-3-5-22-13/h3-7,17H,8H2,1-2H3. The van der Waals surface area contributed by atoms with Crippen LogP contribution in [0.3, 0.4) is 0 Å². The van der Waals surface area contributed by atoms with Crippen LogP contribution in [0.2, 0.25) is 5.02 Å². The monoisotopic (exact) mass is 335 g/mol. The van der Waals surface area contributed by atoms with Crippen LogP contribution in [-0.4, -0.2) is 17.3 Å². The first-order chi connectivity index (χ1) is 10.7. The second kappa shape index (κ2) is 6.37. The molecule has 5 nitrogen and oxygen atoms in total. The molecule has 0 aliphatic heterocycles. The number of aryl methyl sites for hydroxylation is 1. The van der Waals surface area contributed by atoms with E-state index < -0.39 is 0 Å². The minimum absolute atomic E-state index is 0.413. The highest BCUT2D eigenvalue weighted by molar-refractivity contribution is 7.13. The first kappa shape index (κ1) is 14.9. The van der Waals surface area contributed by atoms with Crippen LogP contribution in [0.5, 0.6) is 5.75 Å². The lowest BCUT2D eigenvalue weighted by Crippen LogP contribution is -2.02. The molecule has 2 heterocycles. The summed E-state index contributed by atoms with van der Waals surface area (Å²) in [4.78, 5) is 5.35. The molecular weight excluding hydrogens is 322 g/mol. The summed E-state index contributed by atoms with van der Waals surface area (Å²) in [5.41, 5.74) is 1.80. The van der Waals surface area contributed by atoms with Gasteiger partial charge in [0.1, 0.15) is 5.75 Å². The SMILES string of the molecule is COc1cc(Cl)c(C)cc1NCc1nc(-c2cccs2)no1. The van der Waals surface area contributed by atoms with Crippen molar-refractivity contribution >= 4 is 28.6 Å². The maximum atomic E-state index is 6.09. The average Bonchev–Trinajstić information content (AvgIpc) is 3.18. The van der Waals surface area contributed by atoms with E-state index in [4.69, 9.17) is 20.9 Å². The maximum Gasteiger partial charge on any atom is 0.246 e. The van der Waals surface area contributed by atoms with E-state index in [1.807, 2.05) is 30.5 Å². The van der Waals surface area contributed by atoms with E-state index in [1.165, 1.54) is 0 Å². The smallest absolute Gasteiger partial charge is 0.246 e. The Labute approximate surface area is 136 Å². The number of nitrogens with zero attached hydrogens (tertiary/aromatic N) is 2. The van der Waals surface area contributed by atoms with Crippen molar-refractivity contribution in [3.63, 3.8) is 0 Å². The van der Waals surface area contributed by atoms with Crippen molar-refractivity contribution in [3.8, 4) is 16.5 Å². The lowest BCUT2D eigenvalue weighted by atomic mass is 10.2. The largest absolute Gasteiger partial charge is 0.495 e. The normalized spacial score (nSPS) is 10.7. The molecule has 1 N–H and O–H groups in total. The number of anilines is 1. The summed E-state index contributed by atoms with van der Waals surface area (Å²) in [6, 6.07) is 7.62. The Hall–Kier alpha value is -2.05. The fraction of sp³-hybridized carbons (Fsp3) is 0.200. The lowest BCUT2D eigenvalue weighted by molar-refractivity contribution is 0.383. The highest BCUT2D eigenvalue weighted by atomic mass is 35.5. The topological polar surface area (TPSA) is 60.2 Å². The van der Waals surface area contributed by atoms with Crippen molar-refractivity contribution in [1.82, 2.24) is 10.1 Å². The minimum Gasteiger partial charge on any atom is -0.495 e. The summed E-state index contributed by atoms with van der Waals surface area (Å²) in [6.45, 7) is 2.35. The van der Waals surface area contributed by atoms with Crippen LogP contribution in [0.15, 0.2) is 34.2 Å². The molecule has 114 valence electrons. The van der Waals surface area contributed by atoms with Gasteiger partial charge in [-0.1, -0.05) is 22.8 Å². The van der Waals surface area contributed by atoms with Crippen molar-refractivity contribution in [2.75, 3.05) is 12.4 Å². The summed E-state index contributed by atoms with van der Waals surface area (Å²) < 4.78 is 10.6. The van der Waals surface area contributed by atoms with Gasteiger partial charge in [-0.3, -0.25) is 0 Å². The Balaban J connectivity index is 1.74. The molecule has 0 bridgehead atoms. The summed E-state index contributed by atoms with van der Waals surface area (Å²) in [7, 11) is 1.60. The van der Waals surface area contributed by atoms with Crippen LogP contribution in [0.25, 0.3) is 10.7 Å². The van der Waals surface area contributed by atoms with Gasteiger partial charge in [0, 0.05) is 11.1 Å². The fourth-order valence-electron chi connectivity index (χ4n) is 1.97. The predicted octanol–water partition coefficient (Wildman–Crippen LogP) is 4.38. The van der Waals surface area contributed by atoms with Gasteiger partial charge in [0.15, 0.2) is 0 Å². The van der Waals surface area contributed by atoms with Gasteiger partial charge in [-0.25, -0.2) is 0 Å². The molecule has 0 aliphatic carbocycles. The first-order valence-corrected chi connectivity index (χ1v) is 7.87. The number of rotatable bonds is 5. The third-order valence-corrected chi connectivity index (χ3v) is 4.39. The lowest BCUT2D eigenvalue weighted by Gasteiger charge is -2.11. The second-order valence-electron chi connectivity index (χ2n) is 4.64. The third-order valence-electron chi connectivity index (χ3n) is 3.12. The fourth-order valence-corrected chi connectivity index (χ4v) is 2.78. The molecule has 3 aromatic rings. The van der Waals surface area contributed by atoms with E-state index in [-0.39, 0.29) is 0 Å². The number of aromatic nitrogens is 2. The molecule has 3 rings (SSSR count). The number of ether oxygens (including phenoxy) is 1. The van der Waals surface area contributed by atoms with Gasteiger partial charge in [0.05, 0.1) is 24.2 Å². The van der Waals surface area contributed by atoms with Gasteiger partial charge in [-0.05, 0) is 30.0 Å². The van der Waals surface area contributed by atoms with E-state index in [2.05, 4.69) is 15.5 Å². The third kappa shape index (κ3) is 3.08. The van der Waals surface area contributed by atoms with Gasteiger partial charge in [0.2, 0.25) is 11.7 Å². The number of benzene rings is 1. The summed E-state index contributed by atoms with van der Waals surface area (Å²) in [5.74, 6) is 1.79. The van der Waals surface area contributed by atoms with Crippen molar-refractivity contribution in [2.24, 2.45) is 0 Å². The van der Waals surface area contributed by atoms with Gasteiger partial charge in [-0.15, -0.1) is 11.3 Å². The highest BCUT2D eigenvalue weighted by Crippen LogP contribution is 2.31. The Morgan fingerprint density at radius 2 is 2.27 bits per heavy atom. The van der Waals surface area contributed by atoms with Crippen molar-refractivity contribution in [1.29, 1.82) is 0 Å². The minimum atomic E-state index is 0.413. The predicted molar refractivity (Wildman–Crippen MR) is 87.7 cm³/mol. The van der Waals surface area contributed by atoms with E-state index >= 15 is 0 Å². The summed E-state index contributed by atoms with van der Waals surface area (Å²) in [5, 5.41) is 9.85. The molecule has 0 atom stereocenters. The van der Waals surface area contributed by atoms with Crippen molar-refractivity contribution < 1.29 is 9.26 Å². The highest BCUT2D eigenvalue weighted by Gasteiger charge is 2.11. The molecule has 1 aromatic carbocycles. The van der Waals surface area contributed by atoms with Crippen LogP contribution in [0, 0.1) is 6.92 Å². The molecule has 7 heteroatoms. The van der Waals surface area contributed by atoms with Crippen molar-refractivity contribution in [2.45, 2.75) is 13.5 Å². The molecule has 0 fully saturated rings. The van der Waals surface area contributed by atoms with Gasteiger partial charge < -0.3 is 14.6 Å².